The Morgan fingerprint density at radius 2 is 1.85 bits per heavy atom. The van der Waals surface area contributed by atoms with Gasteiger partial charge in [-0.25, -0.2) is 4.98 Å². The molecule has 3 aromatic heterocycles. The number of pyridine rings is 2. The Bertz CT molecular complexity index is 774. The third-order valence-electron chi connectivity index (χ3n) is 2.49. The van der Waals surface area contributed by atoms with Crippen molar-refractivity contribution in [2.24, 2.45) is 0 Å². The molecule has 20 heavy (non-hydrogen) atoms. The Morgan fingerprint density at radius 1 is 1.05 bits per heavy atom. The largest absolute Gasteiger partial charge is 0.332 e. The van der Waals surface area contributed by atoms with Crippen LogP contribution < -0.4 is 0 Å². The van der Waals surface area contributed by atoms with Crippen LogP contribution in [-0.2, 0) is 0 Å². The van der Waals surface area contributed by atoms with Crippen molar-refractivity contribution < 1.29 is 4.52 Å². The Hall–Kier alpha value is -2.59. The molecule has 0 unspecified atom stereocenters. The van der Waals surface area contributed by atoms with E-state index < -0.39 is 0 Å². The molecule has 7 heteroatoms. The van der Waals surface area contributed by atoms with Gasteiger partial charge in [-0.15, -0.1) is 0 Å². The van der Waals surface area contributed by atoms with Gasteiger partial charge in [-0.1, -0.05) is 5.16 Å². The molecule has 6 nitrogen and oxygen atoms in total. The molecule has 3 rings (SSSR count). The van der Waals surface area contributed by atoms with Gasteiger partial charge in [0.1, 0.15) is 17.5 Å². The molecular formula is C13H6BrN5O. The molecule has 0 saturated carbocycles. The summed E-state index contributed by atoms with van der Waals surface area (Å²) in [4.78, 5) is 12.5. The SMILES string of the molecule is N#Cc1ccc(-c2nc(-c3ccc(Br)cn3)no2)nc1. The number of nitrogens with zero attached hydrogens (tertiary/aromatic N) is 5. The molecule has 0 atom stereocenters. The van der Waals surface area contributed by atoms with Crippen LogP contribution in [0.5, 0.6) is 0 Å². The van der Waals surface area contributed by atoms with Crippen molar-refractivity contribution in [1.82, 2.24) is 20.1 Å². The Balaban J connectivity index is 1.93. The number of hydrogen-bond donors (Lipinski definition) is 0. The molecule has 0 aliphatic heterocycles. The standard InChI is InChI=1S/C13H6BrN5O/c14-9-2-4-10(17-7-9)12-18-13(20-19-12)11-3-1-8(5-15)6-16-11/h1-4,6-7H. The highest BCUT2D eigenvalue weighted by atomic mass is 79.9. The number of aromatic nitrogens is 4. The van der Waals surface area contributed by atoms with Gasteiger partial charge in [-0.3, -0.25) is 4.98 Å². The quantitative estimate of drug-likeness (QED) is 0.719. The first kappa shape index (κ1) is 12.4. The second kappa shape index (κ2) is 5.19. The zero-order valence-corrected chi connectivity index (χ0v) is 11.6. The summed E-state index contributed by atoms with van der Waals surface area (Å²) in [5, 5.41) is 12.6. The maximum absolute atomic E-state index is 8.72. The number of halogens is 1. The van der Waals surface area contributed by atoms with Crippen molar-refractivity contribution in [2.45, 2.75) is 0 Å². The number of rotatable bonds is 2. The maximum atomic E-state index is 8.72. The normalized spacial score (nSPS) is 10.2. The van der Waals surface area contributed by atoms with E-state index in [1.807, 2.05) is 12.1 Å². The van der Waals surface area contributed by atoms with Crippen LogP contribution in [0.1, 0.15) is 5.56 Å². The van der Waals surface area contributed by atoms with E-state index in [1.165, 1.54) is 6.20 Å². The van der Waals surface area contributed by atoms with Gasteiger partial charge in [0.25, 0.3) is 5.89 Å². The van der Waals surface area contributed by atoms with Gasteiger partial charge in [-0.05, 0) is 40.2 Å². The fraction of sp³-hybridized carbons (Fsp3) is 0. The average molecular weight is 328 g/mol. The molecule has 96 valence electrons. The van der Waals surface area contributed by atoms with Crippen LogP contribution in [0, 0.1) is 11.3 Å². The molecule has 0 fully saturated rings. The lowest BCUT2D eigenvalue weighted by Crippen LogP contribution is -1.87. The van der Waals surface area contributed by atoms with Crippen molar-refractivity contribution in [1.29, 1.82) is 5.26 Å². The van der Waals surface area contributed by atoms with E-state index in [-0.39, 0.29) is 5.89 Å². The van der Waals surface area contributed by atoms with Gasteiger partial charge in [0.2, 0.25) is 5.82 Å². The van der Waals surface area contributed by atoms with Crippen molar-refractivity contribution in [2.75, 3.05) is 0 Å². The van der Waals surface area contributed by atoms with E-state index in [1.54, 1.807) is 24.4 Å². The minimum atomic E-state index is 0.286. The summed E-state index contributed by atoms with van der Waals surface area (Å²) in [6.07, 6.45) is 3.11. The summed E-state index contributed by atoms with van der Waals surface area (Å²) in [7, 11) is 0. The van der Waals surface area contributed by atoms with E-state index in [9.17, 15) is 0 Å². The molecule has 0 amide bonds. The first-order valence-electron chi connectivity index (χ1n) is 5.58. The van der Waals surface area contributed by atoms with Crippen LogP contribution in [0.25, 0.3) is 23.1 Å². The van der Waals surface area contributed by atoms with Crippen LogP contribution in [-0.4, -0.2) is 20.1 Å². The highest BCUT2D eigenvalue weighted by Crippen LogP contribution is 2.20. The van der Waals surface area contributed by atoms with E-state index >= 15 is 0 Å². The first-order valence-corrected chi connectivity index (χ1v) is 6.38. The van der Waals surface area contributed by atoms with Crippen molar-refractivity contribution >= 4 is 15.9 Å². The van der Waals surface area contributed by atoms with Crippen LogP contribution in [0.2, 0.25) is 0 Å². The second-order valence-electron chi connectivity index (χ2n) is 3.83. The second-order valence-corrected chi connectivity index (χ2v) is 4.74. The topological polar surface area (TPSA) is 88.5 Å². The molecule has 0 aliphatic rings. The molecule has 3 heterocycles. The highest BCUT2D eigenvalue weighted by Gasteiger charge is 2.12. The molecule has 0 aromatic carbocycles. The minimum absolute atomic E-state index is 0.286. The Kier molecular flexibility index (Phi) is 3.23. The molecule has 3 aromatic rings. The maximum Gasteiger partial charge on any atom is 0.276 e. The molecule has 0 radical (unpaired) electrons. The third kappa shape index (κ3) is 2.41. The molecule has 0 spiro atoms. The van der Waals surface area contributed by atoms with E-state index in [0.29, 0.717) is 22.8 Å². The monoisotopic (exact) mass is 327 g/mol. The first-order chi connectivity index (χ1) is 9.76. The zero-order valence-electron chi connectivity index (χ0n) is 9.99. The lowest BCUT2D eigenvalue weighted by molar-refractivity contribution is 0.431. The van der Waals surface area contributed by atoms with Gasteiger partial charge in [-0.2, -0.15) is 10.2 Å². The van der Waals surface area contributed by atoms with Crippen molar-refractivity contribution in [3.63, 3.8) is 0 Å². The summed E-state index contributed by atoms with van der Waals surface area (Å²) < 4.78 is 6.02. The molecule has 0 N–H and O–H groups in total. The van der Waals surface area contributed by atoms with E-state index in [4.69, 9.17) is 9.78 Å². The van der Waals surface area contributed by atoms with Gasteiger partial charge >= 0.3 is 0 Å². The van der Waals surface area contributed by atoms with Gasteiger partial charge in [0, 0.05) is 16.9 Å². The molecule has 0 saturated heterocycles. The molecular weight excluding hydrogens is 322 g/mol. The van der Waals surface area contributed by atoms with E-state index in [0.717, 1.165) is 4.47 Å². The van der Waals surface area contributed by atoms with E-state index in [2.05, 4.69) is 36.0 Å². The molecule has 0 aliphatic carbocycles. The fourth-order valence-electron chi connectivity index (χ4n) is 1.53. The van der Waals surface area contributed by atoms with Gasteiger partial charge in [0.15, 0.2) is 0 Å². The lowest BCUT2D eigenvalue weighted by atomic mass is 10.2. The predicted molar refractivity (Wildman–Crippen MR) is 73.2 cm³/mol. The van der Waals surface area contributed by atoms with Crippen molar-refractivity contribution in [3.05, 3.63) is 46.7 Å². The minimum Gasteiger partial charge on any atom is -0.332 e. The van der Waals surface area contributed by atoms with Gasteiger partial charge in [0.05, 0.1) is 5.56 Å². The molecule has 0 bridgehead atoms. The van der Waals surface area contributed by atoms with Crippen LogP contribution >= 0.6 is 15.9 Å². The number of hydrogen-bond acceptors (Lipinski definition) is 6. The summed E-state index contributed by atoms with van der Waals surface area (Å²) in [6, 6.07) is 8.93. The highest BCUT2D eigenvalue weighted by molar-refractivity contribution is 9.10. The summed E-state index contributed by atoms with van der Waals surface area (Å²) in [6.45, 7) is 0. The lowest BCUT2D eigenvalue weighted by Gasteiger charge is -1.93. The third-order valence-corrected chi connectivity index (χ3v) is 2.96. The summed E-state index contributed by atoms with van der Waals surface area (Å²) in [5.74, 6) is 0.674. The average Bonchev–Trinajstić information content (AvgIpc) is 2.98. The van der Waals surface area contributed by atoms with Crippen LogP contribution in [0.15, 0.2) is 45.7 Å². The predicted octanol–water partition coefficient (Wildman–Crippen LogP) is 2.83. The van der Waals surface area contributed by atoms with Crippen LogP contribution in [0.3, 0.4) is 0 Å². The van der Waals surface area contributed by atoms with Crippen molar-refractivity contribution in [3.8, 4) is 29.2 Å². The van der Waals surface area contributed by atoms with Gasteiger partial charge < -0.3 is 4.52 Å². The Morgan fingerprint density at radius 3 is 2.50 bits per heavy atom. The smallest absolute Gasteiger partial charge is 0.276 e. The summed E-state index contributed by atoms with van der Waals surface area (Å²) in [5.41, 5.74) is 1.60. The fourth-order valence-corrected chi connectivity index (χ4v) is 1.76. The van der Waals surface area contributed by atoms with Crippen LogP contribution in [0.4, 0.5) is 0 Å². The number of nitriles is 1. The zero-order chi connectivity index (χ0) is 13.9. The Labute approximate surface area is 122 Å². The summed E-state index contributed by atoms with van der Waals surface area (Å²) >= 11 is 3.31.